The molecule has 0 atom stereocenters. The zero-order valence-electron chi connectivity index (χ0n) is 15.1. The van der Waals surface area contributed by atoms with Crippen LogP contribution in [0.15, 0.2) is 59.0 Å². The van der Waals surface area contributed by atoms with E-state index in [9.17, 15) is 4.79 Å². The first-order chi connectivity index (χ1) is 12.9. The molecule has 1 aromatic heterocycles. The molecule has 27 heavy (non-hydrogen) atoms. The van der Waals surface area contributed by atoms with Crippen LogP contribution in [0, 0.1) is 13.8 Å². The van der Waals surface area contributed by atoms with Crippen molar-refractivity contribution in [3.63, 3.8) is 0 Å². The monoisotopic (exact) mass is 380 g/mol. The Morgan fingerprint density at radius 1 is 1.07 bits per heavy atom. The topological polar surface area (TPSA) is 74.5 Å². The van der Waals surface area contributed by atoms with Gasteiger partial charge in [-0.05, 0) is 62.5 Å². The van der Waals surface area contributed by atoms with Gasteiger partial charge in [-0.15, -0.1) is 0 Å². The van der Waals surface area contributed by atoms with Gasteiger partial charge >= 0.3 is 0 Å². The Labute approximate surface area is 163 Å². The van der Waals surface area contributed by atoms with Crippen LogP contribution in [0.3, 0.4) is 0 Å². The summed E-state index contributed by atoms with van der Waals surface area (Å²) in [6.07, 6.45) is 0. The first-order valence-corrected chi connectivity index (χ1v) is 8.86. The van der Waals surface area contributed by atoms with Crippen LogP contribution in [0.1, 0.15) is 27.2 Å². The minimum Gasteiger partial charge on any atom is -0.459 e. The molecule has 0 aliphatic heterocycles. The van der Waals surface area contributed by atoms with E-state index >= 15 is 0 Å². The lowest BCUT2D eigenvalue weighted by Gasteiger charge is -2.11. The largest absolute Gasteiger partial charge is 0.459 e. The van der Waals surface area contributed by atoms with Crippen LogP contribution in [0.5, 0.6) is 0 Å². The maximum Gasteiger partial charge on any atom is 0.257 e. The molecule has 138 valence electrons. The van der Waals surface area contributed by atoms with E-state index < -0.39 is 0 Å². The number of nitrogens with one attached hydrogen (secondary N) is 2. The molecule has 0 bridgehead atoms. The van der Waals surface area contributed by atoms with E-state index in [1.165, 1.54) is 0 Å². The van der Waals surface area contributed by atoms with Crippen LogP contribution < -0.4 is 10.6 Å². The summed E-state index contributed by atoms with van der Waals surface area (Å²) in [5, 5.41) is 15.0. The quantitative estimate of drug-likeness (QED) is 0.592. The Balaban J connectivity index is 1.69. The second-order valence-electron chi connectivity index (χ2n) is 6.29. The average molecular weight is 380 g/mol. The van der Waals surface area contributed by atoms with Gasteiger partial charge in [-0.1, -0.05) is 29.3 Å². The molecule has 6 heteroatoms. The van der Waals surface area contributed by atoms with Crippen molar-refractivity contribution in [3.8, 4) is 11.3 Å². The highest BCUT2D eigenvalue weighted by Gasteiger charge is 2.10. The lowest BCUT2D eigenvalue weighted by molar-refractivity contribution is 0.0977. The van der Waals surface area contributed by atoms with E-state index in [4.69, 9.17) is 21.7 Å². The third-order valence-corrected chi connectivity index (χ3v) is 4.14. The number of carbonyl (C=O) groups excluding carboxylic acids is 1. The number of rotatable bonds is 4. The number of hydrogen-bond donors (Lipinski definition) is 3. The Morgan fingerprint density at radius 2 is 1.81 bits per heavy atom. The minimum atomic E-state index is -0.255. The summed E-state index contributed by atoms with van der Waals surface area (Å²) in [4.78, 5) is 12.4. The lowest BCUT2D eigenvalue weighted by atomic mass is 10.1. The number of aliphatic hydroxyl groups is 1. The molecule has 1 heterocycles. The van der Waals surface area contributed by atoms with E-state index in [0.717, 1.165) is 22.4 Å². The molecule has 0 aliphatic rings. The summed E-state index contributed by atoms with van der Waals surface area (Å²) >= 11 is 5.26. The van der Waals surface area contributed by atoms with Gasteiger partial charge in [0.25, 0.3) is 5.91 Å². The van der Waals surface area contributed by atoms with Crippen LogP contribution >= 0.6 is 12.2 Å². The summed E-state index contributed by atoms with van der Waals surface area (Å²) in [6.45, 7) is 3.75. The molecule has 0 saturated carbocycles. The number of aliphatic hydroxyl groups excluding tert-OH is 1. The van der Waals surface area contributed by atoms with Gasteiger partial charge in [-0.3, -0.25) is 10.1 Å². The molecule has 0 saturated heterocycles. The molecule has 1 amide bonds. The number of furan rings is 1. The van der Waals surface area contributed by atoms with E-state index in [1.54, 1.807) is 12.1 Å². The molecule has 3 aromatic rings. The number of aryl methyl sites for hydroxylation is 2. The maximum absolute atomic E-state index is 12.4. The Kier molecular flexibility index (Phi) is 5.69. The number of thiocarbonyl (C=S) groups is 1. The molecular formula is C21H20N2O3S. The van der Waals surface area contributed by atoms with Crippen molar-refractivity contribution in [2.75, 3.05) is 5.32 Å². The van der Waals surface area contributed by atoms with Gasteiger partial charge in [0.05, 0.1) is 0 Å². The first-order valence-electron chi connectivity index (χ1n) is 8.45. The van der Waals surface area contributed by atoms with Crippen LogP contribution in [0.2, 0.25) is 0 Å². The van der Waals surface area contributed by atoms with Crippen LogP contribution in [0.25, 0.3) is 11.3 Å². The lowest BCUT2D eigenvalue weighted by Crippen LogP contribution is -2.34. The zero-order chi connectivity index (χ0) is 19.4. The SMILES string of the molecule is Cc1cc(C)cc(C(=O)NC(=S)Nc2cccc(-c3ccc(CO)o3)c2)c1. The predicted molar refractivity (Wildman–Crippen MR) is 110 cm³/mol. The fourth-order valence-electron chi connectivity index (χ4n) is 2.81. The van der Waals surface area contributed by atoms with Gasteiger partial charge < -0.3 is 14.8 Å². The molecule has 0 fully saturated rings. The third kappa shape index (κ3) is 4.81. The summed E-state index contributed by atoms with van der Waals surface area (Å²) in [5.74, 6) is 0.890. The van der Waals surface area contributed by atoms with Crippen molar-refractivity contribution in [1.82, 2.24) is 5.32 Å². The Hall–Kier alpha value is -2.96. The summed E-state index contributed by atoms with van der Waals surface area (Å²) < 4.78 is 5.54. The molecular weight excluding hydrogens is 360 g/mol. The third-order valence-electron chi connectivity index (χ3n) is 3.93. The molecule has 0 radical (unpaired) electrons. The highest BCUT2D eigenvalue weighted by molar-refractivity contribution is 7.80. The van der Waals surface area contributed by atoms with Crippen molar-refractivity contribution in [2.45, 2.75) is 20.5 Å². The van der Waals surface area contributed by atoms with Crippen molar-refractivity contribution in [3.05, 3.63) is 77.0 Å². The smallest absolute Gasteiger partial charge is 0.257 e. The average Bonchev–Trinajstić information content (AvgIpc) is 3.10. The normalized spacial score (nSPS) is 10.5. The van der Waals surface area contributed by atoms with Crippen LogP contribution in [-0.4, -0.2) is 16.1 Å². The summed E-state index contributed by atoms with van der Waals surface area (Å²) in [6, 6.07) is 16.6. The van der Waals surface area contributed by atoms with Gasteiger partial charge in [0.2, 0.25) is 0 Å². The molecule has 3 rings (SSSR count). The Morgan fingerprint density at radius 3 is 2.48 bits per heavy atom. The van der Waals surface area contributed by atoms with Gasteiger partial charge in [-0.25, -0.2) is 0 Å². The van der Waals surface area contributed by atoms with Crippen molar-refractivity contribution >= 4 is 28.9 Å². The molecule has 3 N–H and O–H groups in total. The number of benzene rings is 2. The molecule has 5 nitrogen and oxygen atoms in total. The fourth-order valence-corrected chi connectivity index (χ4v) is 3.02. The zero-order valence-corrected chi connectivity index (χ0v) is 15.9. The highest BCUT2D eigenvalue weighted by Crippen LogP contribution is 2.25. The van der Waals surface area contributed by atoms with Crippen LogP contribution in [0.4, 0.5) is 5.69 Å². The van der Waals surface area contributed by atoms with Crippen LogP contribution in [-0.2, 0) is 6.61 Å². The Bertz CT molecular complexity index is 974. The summed E-state index contributed by atoms with van der Waals surface area (Å²) in [7, 11) is 0. The van der Waals surface area contributed by atoms with Crippen molar-refractivity contribution in [1.29, 1.82) is 0 Å². The van der Waals surface area contributed by atoms with Crippen molar-refractivity contribution in [2.24, 2.45) is 0 Å². The van der Waals surface area contributed by atoms with E-state index in [2.05, 4.69) is 10.6 Å². The second kappa shape index (κ2) is 8.16. The first kappa shape index (κ1) is 18.8. The van der Waals surface area contributed by atoms with Gasteiger partial charge in [0.15, 0.2) is 5.11 Å². The minimum absolute atomic E-state index is 0.146. The number of anilines is 1. The summed E-state index contributed by atoms with van der Waals surface area (Å²) in [5.41, 5.74) is 4.17. The maximum atomic E-state index is 12.4. The van der Waals surface area contributed by atoms with Gasteiger partial charge in [0.1, 0.15) is 18.1 Å². The van der Waals surface area contributed by atoms with E-state index in [-0.39, 0.29) is 17.6 Å². The number of hydrogen-bond acceptors (Lipinski definition) is 4. The van der Waals surface area contributed by atoms with E-state index in [1.807, 2.05) is 56.3 Å². The molecule has 0 aliphatic carbocycles. The van der Waals surface area contributed by atoms with Gasteiger partial charge in [0, 0.05) is 16.8 Å². The molecule has 2 aromatic carbocycles. The predicted octanol–water partition coefficient (Wildman–Crippen LogP) is 4.18. The number of carbonyl (C=O) groups is 1. The van der Waals surface area contributed by atoms with Crippen molar-refractivity contribution < 1.29 is 14.3 Å². The second-order valence-corrected chi connectivity index (χ2v) is 6.70. The standard InChI is InChI=1S/C21H20N2O3S/c1-13-8-14(2)10-16(9-13)20(25)23-21(27)22-17-5-3-4-15(11-17)19-7-6-18(12-24)26-19/h3-11,24H,12H2,1-2H3,(H2,22,23,25,27). The van der Waals surface area contributed by atoms with E-state index in [0.29, 0.717) is 17.1 Å². The molecule has 0 unspecified atom stereocenters. The number of amides is 1. The highest BCUT2D eigenvalue weighted by atomic mass is 32.1. The fraction of sp³-hybridized carbons (Fsp3) is 0.143. The molecule has 0 spiro atoms. The van der Waals surface area contributed by atoms with Gasteiger partial charge in [-0.2, -0.15) is 0 Å².